The number of nitrogens with one attached hydrogen (secondary N) is 2. The molecule has 1 heterocycles. The van der Waals surface area contributed by atoms with E-state index in [0.29, 0.717) is 33.5 Å². The van der Waals surface area contributed by atoms with Gasteiger partial charge in [-0.15, -0.1) is 0 Å². The average molecular weight is 437 g/mol. The van der Waals surface area contributed by atoms with Crippen molar-refractivity contribution in [3.63, 3.8) is 0 Å². The van der Waals surface area contributed by atoms with Crippen LogP contribution in [0.3, 0.4) is 0 Å². The van der Waals surface area contributed by atoms with Crippen LogP contribution in [-0.4, -0.2) is 27.1 Å². The molecule has 31 heavy (non-hydrogen) atoms. The molecular weight excluding hydrogens is 420 g/mol. The van der Waals surface area contributed by atoms with Crippen LogP contribution in [0.4, 0.5) is 5.69 Å². The molecule has 0 unspecified atom stereocenters. The Morgan fingerprint density at radius 2 is 1.77 bits per heavy atom. The van der Waals surface area contributed by atoms with Crippen molar-refractivity contribution in [3.05, 3.63) is 83.0 Å². The zero-order valence-electron chi connectivity index (χ0n) is 16.1. The maximum atomic E-state index is 12.5. The number of carbonyl (C=O) groups excluding carboxylic acids is 1. The topological polar surface area (TPSA) is 112 Å². The summed E-state index contributed by atoms with van der Waals surface area (Å²) in [7, 11) is 0. The number of amides is 1. The molecule has 0 aliphatic heterocycles. The second-order valence-corrected chi connectivity index (χ2v) is 7.28. The smallest absolute Gasteiger partial charge is 0.307 e. The van der Waals surface area contributed by atoms with Crippen LogP contribution < -0.4 is 10.1 Å². The predicted molar refractivity (Wildman–Crippen MR) is 117 cm³/mol. The van der Waals surface area contributed by atoms with E-state index >= 15 is 0 Å². The fourth-order valence-electron chi connectivity index (χ4n) is 3.09. The number of H-pyrrole nitrogens is 1. The molecule has 4 aromatic rings. The summed E-state index contributed by atoms with van der Waals surface area (Å²) in [6, 6.07) is 18.0. The number of aliphatic carboxylic acids is 1. The molecular formula is C23H17ClN2O5. The van der Waals surface area contributed by atoms with Crippen LogP contribution in [0.25, 0.3) is 10.9 Å². The zero-order valence-corrected chi connectivity index (χ0v) is 16.8. The number of ether oxygens (including phenoxy) is 1. The van der Waals surface area contributed by atoms with Crippen molar-refractivity contribution in [3.8, 4) is 17.2 Å². The number of hydrogen-bond acceptors (Lipinski definition) is 4. The lowest BCUT2D eigenvalue weighted by atomic mass is 10.1. The number of carbonyl (C=O) groups is 2. The molecule has 0 saturated carbocycles. The van der Waals surface area contributed by atoms with Gasteiger partial charge in [-0.1, -0.05) is 17.7 Å². The first kappa shape index (κ1) is 20.3. The number of benzene rings is 3. The Morgan fingerprint density at radius 1 is 1.00 bits per heavy atom. The Bertz CT molecular complexity index is 1280. The first-order valence-corrected chi connectivity index (χ1v) is 9.66. The van der Waals surface area contributed by atoms with Gasteiger partial charge in [-0.3, -0.25) is 9.59 Å². The lowest BCUT2D eigenvalue weighted by Gasteiger charge is -2.10. The van der Waals surface area contributed by atoms with Crippen molar-refractivity contribution >= 4 is 40.1 Å². The Hall–Kier alpha value is -3.97. The van der Waals surface area contributed by atoms with Gasteiger partial charge in [0, 0.05) is 16.6 Å². The quantitative estimate of drug-likeness (QED) is 0.332. The summed E-state index contributed by atoms with van der Waals surface area (Å²) in [5, 5.41) is 22.2. The number of carboxylic acid groups (broad SMARTS) is 1. The lowest BCUT2D eigenvalue weighted by Crippen LogP contribution is -2.12. The fourth-order valence-corrected chi connectivity index (χ4v) is 3.33. The monoisotopic (exact) mass is 436 g/mol. The summed E-state index contributed by atoms with van der Waals surface area (Å²) in [6.07, 6.45) is -0.119. The second-order valence-electron chi connectivity index (χ2n) is 6.87. The van der Waals surface area contributed by atoms with Crippen molar-refractivity contribution in [1.82, 2.24) is 4.98 Å². The third-order valence-corrected chi connectivity index (χ3v) is 4.84. The molecule has 0 saturated heterocycles. The average Bonchev–Trinajstić information content (AvgIpc) is 3.14. The van der Waals surface area contributed by atoms with Gasteiger partial charge in [-0.2, -0.15) is 0 Å². The number of phenols is 1. The van der Waals surface area contributed by atoms with E-state index in [9.17, 15) is 14.7 Å². The Morgan fingerprint density at radius 3 is 2.48 bits per heavy atom. The molecule has 4 rings (SSSR count). The molecule has 156 valence electrons. The second kappa shape index (κ2) is 8.41. The number of carboxylic acids is 1. The maximum absolute atomic E-state index is 12.5. The number of rotatable bonds is 6. The fraction of sp³-hybridized carbons (Fsp3) is 0.0435. The zero-order chi connectivity index (χ0) is 22.0. The SMILES string of the molecule is O=C(O)Cc1ccc(Oc2ccc(NC(=O)c3cc4cc(O)ccc4[nH]3)cc2)c(Cl)c1. The van der Waals surface area contributed by atoms with Crippen molar-refractivity contribution in [1.29, 1.82) is 0 Å². The molecule has 0 bridgehead atoms. The van der Waals surface area contributed by atoms with E-state index in [-0.39, 0.29) is 18.1 Å². The number of halogens is 1. The molecule has 8 heteroatoms. The molecule has 7 nitrogen and oxygen atoms in total. The molecule has 0 fully saturated rings. The van der Waals surface area contributed by atoms with Gasteiger partial charge in [0.05, 0.1) is 11.4 Å². The summed E-state index contributed by atoms with van der Waals surface area (Å²) in [5.74, 6) is -0.221. The highest BCUT2D eigenvalue weighted by Crippen LogP contribution is 2.31. The van der Waals surface area contributed by atoms with Crippen LogP contribution >= 0.6 is 11.6 Å². The van der Waals surface area contributed by atoms with Gasteiger partial charge in [0.1, 0.15) is 22.9 Å². The largest absolute Gasteiger partial charge is 0.508 e. The number of aromatic nitrogens is 1. The van der Waals surface area contributed by atoms with E-state index in [0.717, 1.165) is 10.9 Å². The van der Waals surface area contributed by atoms with Gasteiger partial charge in [-0.25, -0.2) is 0 Å². The van der Waals surface area contributed by atoms with E-state index in [1.165, 1.54) is 0 Å². The van der Waals surface area contributed by atoms with Crippen molar-refractivity contribution in [2.45, 2.75) is 6.42 Å². The normalized spacial score (nSPS) is 10.7. The number of fused-ring (bicyclic) bond motifs is 1. The van der Waals surface area contributed by atoms with Gasteiger partial charge in [0.15, 0.2) is 0 Å². The Balaban J connectivity index is 1.43. The van der Waals surface area contributed by atoms with Crippen LogP contribution in [-0.2, 0) is 11.2 Å². The summed E-state index contributed by atoms with van der Waals surface area (Å²) in [4.78, 5) is 26.3. The highest BCUT2D eigenvalue weighted by molar-refractivity contribution is 6.32. The first-order valence-electron chi connectivity index (χ1n) is 9.28. The van der Waals surface area contributed by atoms with E-state index in [1.54, 1.807) is 66.7 Å². The van der Waals surface area contributed by atoms with Crippen LogP contribution in [0.15, 0.2) is 66.7 Å². The van der Waals surface area contributed by atoms with Crippen LogP contribution in [0.1, 0.15) is 16.1 Å². The third kappa shape index (κ3) is 4.79. The molecule has 0 aliphatic rings. The van der Waals surface area contributed by atoms with Crippen molar-refractivity contribution < 1.29 is 24.5 Å². The van der Waals surface area contributed by atoms with E-state index in [1.807, 2.05) is 0 Å². The number of aromatic amines is 1. The number of anilines is 1. The number of aromatic hydroxyl groups is 1. The predicted octanol–water partition coefficient (Wildman–Crippen LogP) is 5.20. The molecule has 0 aliphatic carbocycles. The van der Waals surface area contributed by atoms with Gasteiger partial charge in [0.25, 0.3) is 5.91 Å². The summed E-state index contributed by atoms with van der Waals surface area (Å²) in [6.45, 7) is 0. The van der Waals surface area contributed by atoms with Crippen LogP contribution in [0, 0.1) is 0 Å². The van der Waals surface area contributed by atoms with Gasteiger partial charge in [0.2, 0.25) is 0 Å². The maximum Gasteiger partial charge on any atom is 0.307 e. The molecule has 1 aromatic heterocycles. The van der Waals surface area contributed by atoms with Crippen molar-refractivity contribution in [2.75, 3.05) is 5.32 Å². The molecule has 4 N–H and O–H groups in total. The Kier molecular flexibility index (Phi) is 5.51. The first-order chi connectivity index (χ1) is 14.9. The van der Waals surface area contributed by atoms with Gasteiger partial charge in [-0.05, 0) is 66.2 Å². The summed E-state index contributed by atoms with van der Waals surface area (Å²) < 4.78 is 5.74. The minimum Gasteiger partial charge on any atom is -0.508 e. The highest BCUT2D eigenvalue weighted by Gasteiger charge is 2.11. The summed E-state index contributed by atoms with van der Waals surface area (Å²) >= 11 is 6.18. The molecule has 3 aromatic carbocycles. The minimum absolute atomic E-state index is 0.119. The highest BCUT2D eigenvalue weighted by atomic mass is 35.5. The molecule has 0 atom stereocenters. The molecule has 1 amide bonds. The van der Waals surface area contributed by atoms with Gasteiger partial charge < -0.3 is 25.3 Å². The van der Waals surface area contributed by atoms with E-state index in [4.69, 9.17) is 21.4 Å². The molecule has 0 spiro atoms. The summed E-state index contributed by atoms with van der Waals surface area (Å²) in [5.41, 5.74) is 2.27. The van der Waals surface area contributed by atoms with Gasteiger partial charge >= 0.3 is 5.97 Å². The Labute approximate surface area is 181 Å². The van der Waals surface area contributed by atoms with E-state index < -0.39 is 5.97 Å². The van der Waals surface area contributed by atoms with Crippen molar-refractivity contribution in [2.24, 2.45) is 0 Å². The molecule has 0 radical (unpaired) electrons. The number of phenolic OH excluding ortho intramolecular Hbond substituents is 1. The van der Waals surface area contributed by atoms with Crippen LogP contribution in [0.5, 0.6) is 17.2 Å². The van der Waals surface area contributed by atoms with Crippen LogP contribution in [0.2, 0.25) is 5.02 Å². The standard InChI is InChI=1S/C23H17ClN2O5/c24-18-9-13(10-22(28)29)1-8-21(18)31-17-5-2-15(3-6-17)25-23(30)20-12-14-11-16(27)4-7-19(14)26-20/h1-9,11-12,26-27H,10H2,(H,25,30)(H,28,29). The minimum atomic E-state index is -0.937. The van der Waals surface area contributed by atoms with E-state index in [2.05, 4.69) is 10.3 Å². The lowest BCUT2D eigenvalue weighted by molar-refractivity contribution is -0.136. The number of hydrogen-bond donors (Lipinski definition) is 4. The third-order valence-electron chi connectivity index (χ3n) is 4.54.